The summed E-state index contributed by atoms with van der Waals surface area (Å²) < 4.78 is 33.4. The highest BCUT2D eigenvalue weighted by Gasteiger charge is 2.31. The van der Waals surface area contributed by atoms with Crippen molar-refractivity contribution in [1.82, 2.24) is 5.32 Å². The second-order valence-corrected chi connectivity index (χ2v) is 5.03. The van der Waals surface area contributed by atoms with Crippen molar-refractivity contribution in [2.75, 3.05) is 19.7 Å². The summed E-state index contributed by atoms with van der Waals surface area (Å²) in [6.07, 6.45) is 2.46. The molecule has 0 saturated carbocycles. The molecule has 1 aliphatic heterocycles. The molecule has 0 aromatic heterocycles. The van der Waals surface area contributed by atoms with Gasteiger partial charge in [-0.05, 0) is 37.9 Å². The lowest BCUT2D eigenvalue weighted by atomic mass is 9.89. The Balaban J connectivity index is 2.14. The van der Waals surface area contributed by atoms with Crippen molar-refractivity contribution in [3.05, 3.63) is 35.4 Å². The zero-order chi connectivity index (χ0) is 13.7. The molecule has 2 nitrogen and oxygen atoms in total. The van der Waals surface area contributed by atoms with Crippen molar-refractivity contribution in [3.63, 3.8) is 0 Å². The van der Waals surface area contributed by atoms with Crippen LogP contribution in [0.1, 0.15) is 37.9 Å². The molecule has 2 rings (SSSR count). The number of hydrogen-bond donors (Lipinski definition) is 1. The predicted octanol–water partition coefficient (Wildman–Crippen LogP) is 3.43. The van der Waals surface area contributed by atoms with Crippen LogP contribution >= 0.6 is 0 Å². The highest BCUT2D eigenvalue weighted by atomic mass is 19.1. The van der Waals surface area contributed by atoms with Gasteiger partial charge in [-0.15, -0.1) is 0 Å². The summed E-state index contributed by atoms with van der Waals surface area (Å²) in [5.74, 6) is -0.883. The number of halogens is 2. The van der Waals surface area contributed by atoms with Crippen molar-refractivity contribution in [2.45, 2.75) is 32.3 Å². The fraction of sp³-hybridized carbons (Fsp3) is 0.600. The Labute approximate surface area is 113 Å². The monoisotopic (exact) mass is 269 g/mol. The first kappa shape index (κ1) is 14.4. The summed E-state index contributed by atoms with van der Waals surface area (Å²) in [6, 6.07) is 3.99. The number of hydrogen-bond acceptors (Lipinski definition) is 2. The maximum Gasteiger partial charge on any atom is 0.131 e. The van der Waals surface area contributed by atoms with Gasteiger partial charge in [0.15, 0.2) is 0 Å². The summed E-state index contributed by atoms with van der Waals surface area (Å²) >= 11 is 0. The average molecular weight is 269 g/mol. The Bertz CT molecular complexity index is 391. The van der Waals surface area contributed by atoms with Crippen molar-refractivity contribution >= 4 is 0 Å². The molecule has 0 spiro atoms. The topological polar surface area (TPSA) is 21.3 Å². The van der Waals surface area contributed by atoms with Gasteiger partial charge in [-0.3, -0.25) is 0 Å². The quantitative estimate of drug-likeness (QED) is 0.827. The fourth-order valence-corrected chi connectivity index (χ4v) is 2.62. The maximum absolute atomic E-state index is 13.9. The standard InChI is InChI=1S/C15H21F2NO/c1-2-8-18-10-11-5-4-9-19-15(11)14-12(16)6-3-7-13(14)17/h3,6-7,11,15,18H,2,4-5,8-10H2,1H3. The minimum Gasteiger partial charge on any atom is -0.373 e. The summed E-state index contributed by atoms with van der Waals surface area (Å²) in [6.45, 7) is 4.33. The molecule has 2 atom stereocenters. The van der Waals surface area contributed by atoms with Gasteiger partial charge in [0, 0.05) is 19.1 Å². The Morgan fingerprint density at radius 1 is 1.32 bits per heavy atom. The van der Waals surface area contributed by atoms with Crippen molar-refractivity contribution in [1.29, 1.82) is 0 Å². The highest BCUT2D eigenvalue weighted by Crippen LogP contribution is 2.35. The molecule has 0 amide bonds. The van der Waals surface area contributed by atoms with Crippen molar-refractivity contribution in [3.8, 4) is 0 Å². The molecule has 19 heavy (non-hydrogen) atoms. The fourth-order valence-electron chi connectivity index (χ4n) is 2.62. The van der Waals surface area contributed by atoms with Gasteiger partial charge in [0.1, 0.15) is 11.6 Å². The molecule has 0 radical (unpaired) electrons. The van der Waals surface area contributed by atoms with E-state index >= 15 is 0 Å². The Hall–Kier alpha value is -1.00. The van der Waals surface area contributed by atoms with Gasteiger partial charge >= 0.3 is 0 Å². The molecular weight excluding hydrogens is 248 g/mol. The lowest BCUT2D eigenvalue weighted by molar-refractivity contribution is -0.0315. The van der Waals surface area contributed by atoms with Crippen LogP contribution in [-0.2, 0) is 4.74 Å². The van der Waals surface area contributed by atoms with Crippen molar-refractivity contribution in [2.24, 2.45) is 5.92 Å². The minimum atomic E-state index is -0.507. The number of rotatable bonds is 5. The van der Waals surface area contributed by atoms with E-state index in [1.54, 1.807) is 0 Å². The lowest BCUT2D eigenvalue weighted by Crippen LogP contribution is -2.33. The molecule has 4 heteroatoms. The SMILES string of the molecule is CCCNCC1CCCOC1c1c(F)cccc1F. The Morgan fingerprint density at radius 2 is 2.05 bits per heavy atom. The average Bonchev–Trinajstić information content (AvgIpc) is 2.40. The largest absolute Gasteiger partial charge is 0.373 e. The molecule has 0 bridgehead atoms. The number of nitrogens with one attached hydrogen (secondary N) is 1. The molecule has 1 aromatic carbocycles. The van der Waals surface area contributed by atoms with E-state index in [1.807, 2.05) is 0 Å². The van der Waals surface area contributed by atoms with Crippen LogP contribution in [0.2, 0.25) is 0 Å². The van der Waals surface area contributed by atoms with E-state index in [0.717, 1.165) is 32.4 Å². The van der Waals surface area contributed by atoms with Gasteiger partial charge < -0.3 is 10.1 Å². The molecule has 1 N–H and O–H groups in total. The first-order valence-electron chi connectivity index (χ1n) is 7.00. The second kappa shape index (κ2) is 6.96. The Morgan fingerprint density at radius 3 is 2.74 bits per heavy atom. The van der Waals surface area contributed by atoms with Crippen LogP contribution in [-0.4, -0.2) is 19.7 Å². The van der Waals surface area contributed by atoms with Crippen LogP contribution in [0.3, 0.4) is 0 Å². The van der Waals surface area contributed by atoms with Gasteiger partial charge in [-0.25, -0.2) is 8.78 Å². The first-order valence-corrected chi connectivity index (χ1v) is 7.00. The highest BCUT2D eigenvalue weighted by molar-refractivity contribution is 5.23. The van der Waals surface area contributed by atoms with E-state index in [4.69, 9.17) is 4.74 Å². The molecule has 1 fully saturated rings. The van der Waals surface area contributed by atoms with Crippen LogP contribution < -0.4 is 5.32 Å². The molecule has 1 aliphatic rings. The molecule has 1 heterocycles. The van der Waals surface area contributed by atoms with Crippen LogP contribution in [0.15, 0.2) is 18.2 Å². The van der Waals surface area contributed by atoms with Crippen LogP contribution in [0.5, 0.6) is 0 Å². The van der Waals surface area contributed by atoms with E-state index in [0.29, 0.717) is 6.61 Å². The molecule has 1 saturated heterocycles. The van der Waals surface area contributed by atoms with E-state index < -0.39 is 17.7 Å². The second-order valence-electron chi connectivity index (χ2n) is 5.03. The number of benzene rings is 1. The summed E-state index contributed by atoms with van der Waals surface area (Å²) in [5, 5.41) is 3.32. The molecular formula is C15H21F2NO. The third kappa shape index (κ3) is 3.51. The minimum absolute atomic E-state index is 0.0884. The van der Waals surface area contributed by atoms with Crippen molar-refractivity contribution < 1.29 is 13.5 Å². The van der Waals surface area contributed by atoms with Gasteiger partial charge in [0.05, 0.1) is 11.7 Å². The maximum atomic E-state index is 13.9. The summed E-state index contributed by atoms with van der Waals surface area (Å²) in [4.78, 5) is 0. The smallest absolute Gasteiger partial charge is 0.131 e. The van der Waals surface area contributed by atoms with Crippen LogP contribution in [0, 0.1) is 17.6 Å². The van der Waals surface area contributed by atoms with E-state index in [2.05, 4.69) is 12.2 Å². The first-order chi connectivity index (χ1) is 9.24. The normalized spacial score (nSPS) is 23.5. The zero-order valence-electron chi connectivity index (χ0n) is 11.3. The van der Waals surface area contributed by atoms with E-state index in [1.165, 1.54) is 18.2 Å². The predicted molar refractivity (Wildman–Crippen MR) is 70.9 cm³/mol. The lowest BCUT2D eigenvalue weighted by Gasteiger charge is -2.32. The molecule has 2 unspecified atom stereocenters. The summed E-state index contributed by atoms with van der Waals surface area (Å²) in [7, 11) is 0. The number of ether oxygens (including phenoxy) is 1. The van der Waals surface area contributed by atoms with Gasteiger partial charge in [-0.2, -0.15) is 0 Å². The van der Waals surface area contributed by atoms with Gasteiger partial charge in [0.25, 0.3) is 0 Å². The van der Waals surface area contributed by atoms with E-state index in [9.17, 15) is 8.78 Å². The summed E-state index contributed by atoms with van der Waals surface area (Å²) in [5.41, 5.74) is 0.0884. The molecule has 106 valence electrons. The third-order valence-corrected chi connectivity index (χ3v) is 3.56. The Kier molecular flexibility index (Phi) is 5.28. The zero-order valence-corrected chi connectivity index (χ0v) is 11.3. The third-order valence-electron chi connectivity index (χ3n) is 3.56. The van der Waals surface area contributed by atoms with Gasteiger partial charge in [-0.1, -0.05) is 13.0 Å². The molecule has 1 aromatic rings. The van der Waals surface area contributed by atoms with Crippen LogP contribution in [0.25, 0.3) is 0 Å². The van der Waals surface area contributed by atoms with E-state index in [-0.39, 0.29) is 11.5 Å². The van der Waals surface area contributed by atoms with Gasteiger partial charge in [0.2, 0.25) is 0 Å². The van der Waals surface area contributed by atoms with Crippen LogP contribution in [0.4, 0.5) is 8.78 Å². The molecule has 0 aliphatic carbocycles.